The number of nitrogens with one attached hydrogen (secondary N) is 2. The molecule has 18 nitrogen and oxygen atoms in total. The van der Waals surface area contributed by atoms with E-state index in [0.29, 0.717) is 50.3 Å². The Hall–Kier alpha value is -6.44. The number of unbranched alkanes of at least 4 members (excludes halogenated alkanes) is 5. The van der Waals surface area contributed by atoms with Crippen LogP contribution in [-0.4, -0.2) is 110 Å². The predicted molar refractivity (Wildman–Crippen MR) is 278 cm³/mol. The first kappa shape index (κ1) is 57.8. The molecule has 4 aromatic rings. The van der Waals surface area contributed by atoms with Crippen molar-refractivity contribution in [2.75, 3.05) is 40.6 Å². The molecule has 3 N–H and O–H groups in total. The Morgan fingerprint density at radius 1 is 0.760 bits per heavy atom. The minimum Gasteiger partial charge on any atom is -0.497 e. The highest BCUT2D eigenvalue weighted by Crippen LogP contribution is 2.43. The summed E-state index contributed by atoms with van der Waals surface area (Å²) < 4.78 is 48.1. The predicted octanol–water partition coefficient (Wildman–Crippen LogP) is 6.93. The number of carbonyl (C=O) groups is 4. The van der Waals surface area contributed by atoms with E-state index in [1.54, 1.807) is 14.2 Å². The fourth-order valence-electron chi connectivity index (χ4n) is 9.47. The van der Waals surface area contributed by atoms with Crippen LogP contribution < -0.4 is 26.0 Å². The molecular weight excluding hydrogens is 967 g/mol. The Kier molecular flexibility index (Phi) is 21.9. The molecule has 1 amide bonds. The van der Waals surface area contributed by atoms with Crippen molar-refractivity contribution in [3.8, 4) is 11.5 Å². The molecular formula is C57H73N3O15. The van der Waals surface area contributed by atoms with Gasteiger partial charge >= 0.3 is 17.6 Å². The second kappa shape index (κ2) is 28.5. The molecule has 0 aliphatic carbocycles. The van der Waals surface area contributed by atoms with Crippen LogP contribution in [0.5, 0.6) is 11.5 Å². The fraction of sp³-hybridized carbons (Fsp3) is 0.509. The largest absolute Gasteiger partial charge is 0.497 e. The van der Waals surface area contributed by atoms with Gasteiger partial charge in [0.25, 0.3) is 5.56 Å². The SMILES string of the molecule is COc1ccc(C(OC[C@H]2O[C@@H](n3cc(/C=C/C(=O)NCCCCCCCC(=O)CCCCOC4OC(COC(C)=O)C(OC(C)=O)C(C)C4C)c(=O)[nH]c3=O)CC2O)(c2ccccc2)c2ccc(OC)cc2)cc1. The topological polar surface area (TPSA) is 229 Å². The van der Waals surface area contributed by atoms with Gasteiger partial charge in [0.05, 0.1) is 32.5 Å². The number of nitrogens with zero attached hydrogens (tertiary/aromatic N) is 1. The van der Waals surface area contributed by atoms with Crippen LogP contribution in [-0.2, 0) is 53.2 Å². The van der Waals surface area contributed by atoms with Crippen LogP contribution in [0.25, 0.3) is 6.08 Å². The van der Waals surface area contributed by atoms with Gasteiger partial charge in [0, 0.05) is 70.4 Å². The highest BCUT2D eigenvalue weighted by molar-refractivity contribution is 5.91. The highest BCUT2D eigenvalue weighted by Gasteiger charge is 2.45. The van der Waals surface area contributed by atoms with Gasteiger partial charge in [0.15, 0.2) is 6.29 Å². The second-order valence-corrected chi connectivity index (χ2v) is 19.1. The number of amides is 1. The number of aromatic nitrogens is 2. The number of ether oxygens (including phenoxy) is 8. The molecule has 406 valence electrons. The number of esters is 2. The number of aliphatic hydroxyl groups excluding tert-OH is 1. The molecule has 0 spiro atoms. The zero-order valence-electron chi connectivity index (χ0n) is 43.9. The lowest BCUT2D eigenvalue weighted by Crippen LogP contribution is -2.53. The molecule has 0 saturated carbocycles. The molecule has 3 heterocycles. The number of Topliss-reactive ketones (excluding diaryl/α,β-unsaturated/α-hetero) is 1. The summed E-state index contributed by atoms with van der Waals surface area (Å²) in [4.78, 5) is 76.8. The van der Waals surface area contributed by atoms with Gasteiger partial charge in [-0.25, -0.2) is 4.79 Å². The quantitative estimate of drug-likeness (QED) is 0.0227. The fourth-order valence-corrected chi connectivity index (χ4v) is 9.47. The van der Waals surface area contributed by atoms with Crippen molar-refractivity contribution in [1.82, 2.24) is 14.9 Å². The molecule has 2 fully saturated rings. The number of carbonyl (C=O) groups excluding carboxylic acids is 4. The van der Waals surface area contributed by atoms with Crippen molar-refractivity contribution in [1.29, 1.82) is 0 Å². The molecule has 8 atom stereocenters. The number of rotatable bonds is 28. The summed E-state index contributed by atoms with van der Waals surface area (Å²) in [6.45, 7) is 7.23. The summed E-state index contributed by atoms with van der Waals surface area (Å²) in [6, 6.07) is 24.8. The second-order valence-electron chi connectivity index (χ2n) is 19.1. The Bertz CT molecular complexity index is 2570. The maximum absolute atomic E-state index is 13.1. The number of aliphatic hydroxyl groups is 1. The van der Waals surface area contributed by atoms with Gasteiger partial charge in [-0.15, -0.1) is 0 Å². The molecule has 3 aromatic carbocycles. The molecule has 6 rings (SSSR count). The smallest absolute Gasteiger partial charge is 0.330 e. The minimum absolute atomic E-state index is 0.0309. The van der Waals surface area contributed by atoms with Gasteiger partial charge in [-0.2, -0.15) is 0 Å². The molecule has 1 aromatic heterocycles. The van der Waals surface area contributed by atoms with Gasteiger partial charge in [0.1, 0.15) is 54.0 Å². The summed E-state index contributed by atoms with van der Waals surface area (Å²) in [5, 5.41) is 14.2. The van der Waals surface area contributed by atoms with Gasteiger partial charge in [-0.1, -0.05) is 87.7 Å². The third-order valence-electron chi connectivity index (χ3n) is 13.8. The summed E-state index contributed by atoms with van der Waals surface area (Å²) >= 11 is 0. The standard InChI is InChI=1S/C57H73N3O15/c1-37-38(2)55(75-50(35-71-39(3)61)53(37)73-40(4)62)70-32-16-14-20-45(63)19-13-8-7-9-15-31-58-51(65)30-21-41-34-60(56(67)59-54(41)66)52-33-48(64)49(74-52)36-72-57(42-17-11-10-12-18-42,43-22-26-46(68-5)27-23-43)44-24-28-47(69-6)29-25-44/h10-12,17-18,21-30,34,37-38,48-50,52-53,55,64H,7-9,13-16,19-20,31-33,35-36H2,1-6H3,(H,58,65)(H,59,66,67)/b30-21+/t37?,38?,48?,49-,50?,52-,53?,55?/m1/s1. The van der Waals surface area contributed by atoms with Crippen LogP contribution in [0.4, 0.5) is 0 Å². The number of H-pyrrole nitrogens is 1. The van der Waals surface area contributed by atoms with Crippen LogP contribution in [0.2, 0.25) is 0 Å². The molecule has 0 radical (unpaired) electrons. The van der Waals surface area contributed by atoms with E-state index in [1.807, 2.05) is 92.7 Å². The average molecular weight is 1040 g/mol. The molecule has 2 saturated heterocycles. The van der Waals surface area contributed by atoms with E-state index in [2.05, 4.69) is 10.3 Å². The summed E-state index contributed by atoms with van der Waals surface area (Å²) in [7, 11) is 3.19. The van der Waals surface area contributed by atoms with Crippen LogP contribution in [0.15, 0.2) is 101 Å². The van der Waals surface area contributed by atoms with Crippen LogP contribution in [0.1, 0.15) is 120 Å². The minimum atomic E-state index is -1.17. The Balaban J connectivity index is 0.914. The van der Waals surface area contributed by atoms with E-state index in [4.69, 9.17) is 37.9 Å². The lowest BCUT2D eigenvalue weighted by molar-refractivity contribution is -0.273. The van der Waals surface area contributed by atoms with E-state index in [0.717, 1.165) is 48.8 Å². The van der Waals surface area contributed by atoms with Crippen LogP contribution >= 0.6 is 0 Å². The first-order valence-electron chi connectivity index (χ1n) is 25.9. The number of hydrogen-bond acceptors (Lipinski definition) is 15. The Morgan fingerprint density at radius 2 is 1.37 bits per heavy atom. The third kappa shape index (κ3) is 16.0. The van der Waals surface area contributed by atoms with Gasteiger partial charge in [0.2, 0.25) is 5.91 Å². The maximum Gasteiger partial charge on any atom is 0.330 e. The van der Waals surface area contributed by atoms with Crippen molar-refractivity contribution in [3.05, 3.63) is 134 Å². The number of methoxy groups -OCH3 is 2. The van der Waals surface area contributed by atoms with Crippen LogP contribution in [0.3, 0.4) is 0 Å². The first-order chi connectivity index (χ1) is 36.1. The summed E-state index contributed by atoms with van der Waals surface area (Å²) in [5.41, 5.74) is -0.132. The number of ketones is 1. The lowest BCUT2D eigenvalue weighted by Gasteiger charge is -2.43. The van der Waals surface area contributed by atoms with Crippen molar-refractivity contribution in [3.63, 3.8) is 0 Å². The Labute approximate surface area is 438 Å². The maximum atomic E-state index is 13.1. The van der Waals surface area contributed by atoms with E-state index in [9.17, 15) is 33.9 Å². The van der Waals surface area contributed by atoms with Crippen LogP contribution in [0, 0.1) is 11.8 Å². The molecule has 2 aliphatic heterocycles. The Morgan fingerprint density at radius 3 is 2.00 bits per heavy atom. The number of aromatic amines is 1. The normalized spacial score (nSPS) is 21.6. The number of benzene rings is 3. The van der Waals surface area contributed by atoms with Crippen molar-refractivity contribution in [2.24, 2.45) is 11.8 Å². The first-order valence-corrected chi connectivity index (χ1v) is 25.9. The van der Waals surface area contributed by atoms with Gasteiger partial charge in [-0.3, -0.25) is 33.5 Å². The highest BCUT2D eigenvalue weighted by atomic mass is 16.7. The zero-order valence-corrected chi connectivity index (χ0v) is 43.9. The van der Waals surface area contributed by atoms with E-state index >= 15 is 0 Å². The van der Waals surface area contributed by atoms with Gasteiger partial charge in [-0.05, 0) is 72.7 Å². The van der Waals surface area contributed by atoms with Crippen molar-refractivity contribution < 1.29 is 62.2 Å². The average Bonchev–Trinajstić information content (AvgIpc) is 3.78. The van der Waals surface area contributed by atoms with E-state index in [1.165, 1.54) is 36.8 Å². The van der Waals surface area contributed by atoms with Gasteiger partial charge < -0.3 is 48.3 Å². The lowest BCUT2D eigenvalue weighted by atomic mass is 9.80. The molecule has 75 heavy (non-hydrogen) atoms. The van der Waals surface area contributed by atoms with E-state index in [-0.39, 0.29) is 42.8 Å². The van der Waals surface area contributed by atoms with Crippen molar-refractivity contribution in [2.45, 2.75) is 134 Å². The summed E-state index contributed by atoms with van der Waals surface area (Å²) in [6.07, 6.45) is 5.75. The zero-order chi connectivity index (χ0) is 53.9. The molecule has 2 aliphatic rings. The molecule has 6 unspecified atom stereocenters. The number of hydrogen-bond donors (Lipinski definition) is 3. The van der Waals surface area contributed by atoms with E-state index < -0.39 is 71.6 Å². The molecule has 0 bridgehead atoms. The third-order valence-corrected chi connectivity index (χ3v) is 13.8. The summed E-state index contributed by atoms with van der Waals surface area (Å²) in [5.74, 6) is 0.0561. The molecule has 18 heteroatoms. The monoisotopic (exact) mass is 1040 g/mol. The van der Waals surface area contributed by atoms with Crippen molar-refractivity contribution >= 4 is 29.7 Å².